The third kappa shape index (κ3) is 3.53. The van der Waals surface area contributed by atoms with Gasteiger partial charge < -0.3 is 15.8 Å². The van der Waals surface area contributed by atoms with Crippen LogP contribution in [-0.2, 0) is 9.53 Å². The van der Waals surface area contributed by atoms with Gasteiger partial charge in [-0.25, -0.2) is 4.79 Å². The molecule has 0 aliphatic heterocycles. The number of hydrogen-bond acceptors (Lipinski definition) is 4. The summed E-state index contributed by atoms with van der Waals surface area (Å²) in [4.78, 5) is 11.2. The first-order valence-electron chi connectivity index (χ1n) is 4.47. The fourth-order valence-electron chi connectivity index (χ4n) is 1.10. The van der Waals surface area contributed by atoms with Crippen LogP contribution in [0.1, 0.15) is 0 Å². The molecule has 0 aliphatic carbocycles. The molecule has 1 unspecified atom stereocenters. The van der Waals surface area contributed by atoms with Gasteiger partial charge in [0.2, 0.25) is 0 Å². The van der Waals surface area contributed by atoms with Gasteiger partial charge in [-0.3, -0.25) is 0 Å². The summed E-state index contributed by atoms with van der Waals surface area (Å²) in [6.07, 6.45) is 0. The third-order valence-corrected chi connectivity index (χ3v) is 2.44. The Kier molecular flexibility index (Phi) is 4.58. The van der Waals surface area contributed by atoms with Crippen LogP contribution < -0.4 is 11.1 Å². The molecule has 3 N–H and O–H groups in total. The molecule has 15 heavy (non-hydrogen) atoms. The highest BCUT2D eigenvalue weighted by Crippen LogP contribution is 2.14. The highest BCUT2D eigenvalue weighted by Gasteiger charge is 2.16. The van der Waals surface area contributed by atoms with E-state index in [2.05, 4.69) is 26.0 Å². The Morgan fingerprint density at radius 3 is 2.60 bits per heavy atom. The maximum Gasteiger partial charge on any atom is 0.329 e. The summed E-state index contributed by atoms with van der Waals surface area (Å²) in [5, 5.41) is 2.99. The molecule has 0 amide bonds. The van der Waals surface area contributed by atoms with Crippen molar-refractivity contribution in [3.63, 3.8) is 0 Å². The van der Waals surface area contributed by atoms with Crippen LogP contribution >= 0.6 is 15.9 Å². The van der Waals surface area contributed by atoms with E-state index < -0.39 is 6.04 Å². The predicted octanol–water partition coefficient (Wildman–Crippen LogP) is 1.36. The van der Waals surface area contributed by atoms with Crippen molar-refractivity contribution in [3.8, 4) is 0 Å². The van der Waals surface area contributed by atoms with Crippen molar-refractivity contribution in [3.05, 3.63) is 28.7 Å². The minimum Gasteiger partial charge on any atom is -0.467 e. The second-order valence-corrected chi connectivity index (χ2v) is 3.88. The summed E-state index contributed by atoms with van der Waals surface area (Å²) in [6.45, 7) is 0.197. The molecule has 1 aromatic carbocycles. The van der Waals surface area contributed by atoms with E-state index in [0.717, 1.165) is 10.2 Å². The maximum atomic E-state index is 11.2. The Morgan fingerprint density at radius 2 is 2.13 bits per heavy atom. The molecule has 0 saturated carbocycles. The number of anilines is 1. The topological polar surface area (TPSA) is 64.3 Å². The molecule has 0 aliphatic rings. The lowest BCUT2D eigenvalue weighted by Crippen LogP contribution is -2.37. The summed E-state index contributed by atoms with van der Waals surface area (Å²) >= 11 is 3.33. The van der Waals surface area contributed by atoms with Gasteiger partial charge in [-0.1, -0.05) is 15.9 Å². The molecular formula is C10H13BrN2O2. The van der Waals surface area contributed by atoms with Crippen molar-refractivity contribution in [1.82, 2.24) is 0 Å². The SMILES string of the molecule is COC(=O)C(CN)Nc1ccc(Br)cc1. The van der Waals surface area contributed by atoms with E-state index in [4.69, 9.17) is 5.73 Å². The predicted molar refractivity (Wildman–Crippen MR) is 62.6 cm³/mol. The lowest BCUT2D eigenvalue weighted by molar-refractivity contribution is -0.141. The average Bonchev–Trinajstić information content (AvgIpc) is 2.27. The van der Waals surface area contributed by atoms with Crippen molar-refractivity contribution in [2.45, 2.75) is 6.04 Å². The Bertz CT molecular complexity index is 327. The van der Waals surface area contributed by atoms with Gasteiger partial charge in [0, 0.05) is 16.7 Å². The molecule has 0 bridgehead atoms. The lowest BCUT2D eigenvalue weighted by Gasteiger charge is -2.15. The number of benzene rings is 1. The van der Waals surface area contributed by atoms with Gasteiger partial charge >= 0.3 is 5.97 Å². The zero-order chi connectivity index (χ0) is 11.3. The highest BCUT2D eigenvalue weighted by atomic mass is 79.9. The van der Waals surface area contributed by atoms with Crippen LogP contribution in [0.25, 0.3) is 0 Å². The molecule has 82 valence electrons. The Balaban J connectivity index is 2.66. The summed E-state index contributed by atoms with van der Waals surface area (Å²) in [7, 11) is 1.34. The van der Waals surface area contributed by atoms with E-state index in [-0.39, 0.29) is 12.5 Å². The van der Waals surface area contributed by atoms with Gasteiger partial charge in [-0.05, 0) is 24.3 Å². The minimum atomic E-state index is -0.504. The van der Waals surface area contributed by atoms with E-state index in [0.29, 0.717) is 0 Å². The number of nitrogens with one attached hydrogen (secondary N) is 1. The van der Waals surface area contributed by atoms with Crippen LogP contribution in [0.4, 0.5) is 5.69 Å². The first-order chi connectivity index (χ1) is 7.17. The first kappa shape index (κ1) is 12.0. The second-order valence-electron chi connectivity index (χ2n) is 2.96. The van der Waals surface area contributed by atoms with Gasteiger partial charge in [0.1, 0.15) is 6.04 Å². The van der Waals surface area contributed by atoms with E-state index in [1.165, 1.54) is 7.11 Å². The number of esters is 1. The van der Waals surface area contributed by atoms with Crippen LogP contribution in [0.15, 0.2) is 28.7 Å². The van der Waals surface area contributed by atoms with Crippen LogP contribution in [0.3, 0.4) is 0 Å². The van der Waals surface area contributed by atoms with Crippen molar-refractivity contribution >= 4 is 27.6 Å². The number of ether oxygens (including phenoxy) is 1. The fraction of sp³-hybridized carbons (Fsp3) is 0.300. The van der Waals surface area contributed by atoms with Crippen molar-refractivity contribution < 1.29 is 9.53 Å². The van der Waals surface area contributed by atoms with E-state index in [1.807, 2.05) is 24.3 Å². The Morgan fingerprint density at radius 1 is 1.53 bits per heavy atom. The first-order valence-corrected chi connectivity index (χ1v) is 5.26. The molecule has 0 heterocycles. The van der Waals surface area contributed by atoms with Gasteiger partial charge in [0.15, 0.2) is 0 Å². The molecule has 1 atom stereocenters. The van der Waals surface area contributed by atoms with E-state index >= 15 is 0 Å². The van der Waals surface area contributed by atoms with E-state index in [1.54, 1.807) is 0 Å². The molecule has 0 fully saturated rings. The maximum absolute atomic E-state index is 11.2. The zero-order valence-corrected chi connectivity index (χ0v) is 9.95. The summed E-state index contributed by atoms with van der Waals surface area (Å²) < 4.78 is 5.59. The summed E-state index contributed by atoms with van der Waals surface area (Å²) in [6, 6.07) is 6.97. The third-order valence-electron chi connectivity index (χ3n) is 1.91. The molecular weight excluding hydrogens is 260 g/mol. The lowest BCUT2D eigenvalue weighted by atomic mass is 10.2. The summed E-state index contributed by atoms with van der Waals surface area (Å²) in [5.74, 6) is -0.361. The second kappa shape index (κ2) is 5.72. The average molecular weight is 273 g/mol. The van der Waals surface area contributed by atoms with Gasteiger partial charge in [-0.15, -0.1) is 0 Å². The van der Waals surface area contributed by atoms with Crippen LogP contribution in [0.2, 0.25) is 0 Å². The number of carbonyl (C=O) groups excluding carboxylic acids is 1. The molecule has 0 radical (unpaired) electrons. The smallest absolute Gasteiger partial charge is 0.329 e. The fourth-order valence-corrected chi connectivity index (χ4v) is 1.37. The quantitative estimate of drug-likeness (QED) is 0.813. The number of methoxy groups -OCH3 is 1. The Labute approximate surface area is 96.9 Å². The van der Waals surface area contributed by atoms with Crippen molar-refractivity contribution in [1.29, 1.82) is 0 Å². The number of halogens is 1. The number of rotatable bonds is 4. The molecule has 5 heteroatoms. The number of carbonyl (C=O) groups is 1. The highest BCUT2D eigenvalue weighted by molar-refractivity contribution is 9.10. The molecule has 4 nitrogen and oxygen atoms in total. The van der Waals surface area contributed by atoms with E-state index in [9.17, 15) is 4.79 Å². The summed E-state index contributed by atoms with van der Waals surface area (Å²) in [5.41, 5.74) is 6.29. The molecule has 0 spiro atoms. The zero-order valence-electron chi connectivity index (χ0n) is 8.37. The number of nitrogens with two attached hydrogens (primary N) is 1. The van der Waals surface area contributed by atoms with Crippen LogP contribution in [-0.4, -0.2) is 25.7 Å². The van der Waals surface area contributed by atoms with Crippen molar-refractivity contribution in [2.75, 3.05) is 19.0 Å². The van der Waals surface area contributed by atoms with Gasteiger partial charge in [-0.2, -0.15) is 0 Å². The van der Waals surface area contributed by atoms with Crippen molar-refractivity contribution in [2.24, 2.45) is 5.73 Å². The van der Waals surface area contributed by atoms with Gasteiger partial charge in [0.05, 0.1) is 7.11 Å². The van der Waals surface area contributed by atoms with Crippen LogP contribution in [0, 0.1) is 0 Å². The largest absolute Gasteiger partial charge is 0.467 e. The molecule has 1 aromatic rings. The molecule has 0 saturated heterocycles. The van der Waals surface area contributed by atoms with Gasteiger partial charge in [0.25, 0.3) is 0 Å². The van der Waals surface area contributed by atoms with Crippen LogP contribution in [0.5, 0.6) is 0 Å². The molecule has 1 rings (SSSR count). The number of hydrogen-bond donors (Lipinski definition) is 2. The standard InChI is InChI=1S/C10H13BrN2O2/c1-15-10(14)9(6-12)13-8-4-2-7(11)3-5-8/h2-5,9,13H,6,12H2,1H3. The monoisotopic (exact) mass is 272 g/mol. The minimum absolute atomic E-state index is 0.197. The Hall–Kier alpha value is -1.07. The normalized spacial score (nSPS) is 11.9. The molecule has 0 aromatic heterocycles.